The quantitative estimate of drug-likeness (QED) is 0.212. The van der Waals surface area contributed by atoms with Gasteiger partial charge in [-0.05, 0) is 32.9 Å². The van der Waals surface area contributed by atoms with E-state index in [1.807, 2.05) is 28.8 Å². The molecule has 0 atom stereocenters. The summed E-state index contributed by atoms with van der Waals surface area (Å²) >= 11 is 1.26. The fourth-order valence-electron chi connectivity index (χ4n) is 3.51. The summed E-state index contributed by atoms with van der Waals surface area (Å²) in [5.41, 5.74) is 2.69. The molecule has 32 heavy (non-hydrogen) atoms. The second-order valence-electron chi connectivity index (χ2n) is 6.96. The zero-order valence-corrected chi connectivity index (χ0v) is 19.4. The van der Waals surface area contributed by atoms with Gasteiger partial charge in [-0.15, -0.1) is 16.8 Å². The number of benzene rings is 1. The zero-order chi connectivity index (χ0) is 23.3. The van der Waals surface area contributed by atoms with Crippen molar-refractivity contribution < 1.29 is 19.1 Å². The number of hydrogen-bond donors (Lipinski definition) is 1. The van der Waals surface area contributed by atoms with Gasteiger partial charge in [0.2, 0.25) is 0 Å². The molecule has 2 heterocycles. The van der Waals surface area contributed by atoms with Crippen LogP contribution < -0.4 is 4.74 Å². The fourth-order valence-corrected chi connectivity index (χ4v) is 4.33. The maximum atomic E-state index is 13.1. The number of nitrogens with zero attached hydrogens (tertiary/aromatic N) is 3. The molecule has 3 aromatic rings. The molecule has 1 N–H and O–H groups in total. The maximum Gasteiger partial charge on any atom is 0.340 e. The van der Waals surface area contributed by atoms with Crippen LogP contribution in [0.25, 0.3) is 11.4 Å². The molecule has 2 aromatic heterocycles. The van der Waals surface area contributed by atoms with Gasteiger partial charge in [0.05, 0.1) is 36.2 Å². The molecule has 3 rings (SSSR count). The highest BCUT2D eigenvalue weighted by atomic mass is 32.2. The maximum absolute atomic E-state index is 13.1. The fraction of sp³-hybridized carbons (Fsp3) is 0.304. The van der Waals surface area contributed by atoms with Gasteiger partial charge in [0.1, 0.15) is 5.75 Å². The Kier molecular flexibility index (Phi) is 7.53. The third-order valence-corrected chi connectivity index (χ3v) is 5.81. The van der Waals surface area contributed by atoms with Crippen molar-refractivity contribution in [2.75, 3.05) is 19.5 Å². The number of thioether (sulfide) groups is 1. The minimum Gasteiger partial charge on any atom is -0.496 e. The number of carbonyl (C=O) groups excluding carboxylic acids is 2. The first-order valence-electron chi connectivity index (χ1n) is 10.1. The van der Waals surface area contributed by atoms with E-state index in [1.54, 1.807) is 34.0 Å². The number of aryl methyl sites for hydroxylation is 2. The number of hydrogen-bond acceptors (Lipinski definition) is 7. The van der Waals surface area contributed by atoms with Crippen molar-refractivity contribution in [2.45, 2.75) is 32.5 Å². The van der Waals surface area contributed by atoms with Gasteiger partial charge in [0, 0.05) is 17.9 Å². The second kappa shape index (κ2) is 10.3. The van der Waals surface area contributed by atoms with E-state index >= 15 is 0 Å². The van der Waals surface area contributed by atoms with Gasteiger partial charge in [0.25, 0.3) is 0 Å². The third-order valence-electron chi connectivity index (χ3n) is 4.84. The predicted octanol–water partition coefficient (Wildman–Crippen LogP) is 4.24. The van der Waals surface area contributed by atoms with Crippen LogP contribution in [-0.4, -0.2) is 51.0 Å². The Bertz CT molecular complexity index is 1150. The van der Waals surface area contributed by atoms with Crippen LogP contribution in [0.5, 0.6) is 5.75 Å². The Morgan fingerprint density at radius 2 is 1.91 bits per heavy atom. The number of aromatic amines is 1. The molecule has 1 aromatic carbocycles. The molecule has 0 saturated heterocycles. The lowest BCUT2D eigenvalue weighted by Gasteiger charge is -2.10. The Labute approximate surface area is 191 Å². The lowest BCUT2D eigenvalue weighted by Crippen LogP contribution is -2.13. The number of Topliss-reactive ketones (excluding diaryl/α,β-unsaturated/α-hetero) is 1. The Hall–Kier alpha value is -3.33. The number of ketones is 1. The number of carbonyl (C=O) groups is 2. The van der Waals surface area contributed by atoms with E-state index < -0.39 is 5.97 Å². The Balaban J connectivity index is 1.88. The van der Waals surface area contributed by atoms with E-state index in [2.05, 4.69) is 21.8 Å². The second-order valence-corrected chi connectivity index (χ2v) is 7.91. The van der Waals surface area contributed by atoms with Crippen molar-refractivity contribution in [3.8, 4) is 17.1 Å². The van der Waals surface area contributed by atoms with Gasteiger partial charge in [0.15, 0.2) is 16.8 Å². The lowest BCUT2D eigenvalue weighted by molar-refractivity contribution is 0.0522. The number of methoxy groups -OCH3 is 1. The van der Waals surface area contributed by atoms with Crippen LogP contribution in [-0.2, 0) is 11.3 Å². The van der Waals surface area contributed by atoms with Crippen molar-refractivity contribution >= 4 is 23.5 Å². The number of nitrogens with one attached hydrogen (secondary N) is 1. The van der Waals surface area contributed by atoms with Crippen LogP contribution in [0.2, 0.25) is 0 Å². The summed E-state index contributed by atoms with van der Waals surface area (Å²) < 4.78 is 12.5. The summed E-state index contributed by atoms with van der Waals surface area (Å²) in [4.78, 5) is 28.5. The molecule has 0 spiro atoms. The van der Waals surface area contributed by atoms with Gasteiger partial charge in [-0.1, -0.05) is 30.0 Å². The molecule has 0 unspecified atom stereocenters. The molecular weight excluding hydrogens is 428 g/mol. The molecular formula is C23H26N4O4S. The Morgan fingerprint density at radius 3 is 2.59 bits per heavy atom. The van der Waals surface area contributed by atoms with Gasteiger partial charge in [-0.2, -0.15) is 0 Å². The highest BCUT2D eigenvalue weighted by Gasteiger charge is 2.26. The van der Waals surface area contributed by atoms with Gasteiger partial charge in [-0.25, -0.2) is 4.79 Å². The van der Waals surface area contributed by atoms with Crippen LogP contribution in [0.3, 0.4) is 0 Å². The van der Waals surface area contributed by atoms with Crippen molar-refractivity contribution in [1.82, 2.24) is 19.7 Å². The normalized spacial score (nSPS) is 10.8. The van der Waals surface area contributed by atoms with E-state index in [4.69, 9.17) is 9.47 Å². The number of allylic oxidation sites excluding steroid dienone is 1. The van der Waals surface area contributed by atoms with Crippen molar-refractivity contribution in [3.05, 3.63) is 59.4 Å². The summed E-state index contributed by atoms with van der Waals surface area (Å²) in [5, 5.41) is 9.19. The first-order chi connectivity index (χ1) is 15.4. The molecule has 0 amide bonds. The molecule has 0 radical (unpaired) electrons. The number of ether oxygens (including phenoxy) is 2. The van der Waals surface area contributed by atoms with E-state index in [9.17, 15) is 9.59 Å². The summed E-state index contributed by atoms with van der Waals surface area (Å²) in [6.45, 7) is 9.78. The summed E-state index contributed by atoms with van der Waals surface area (Å²) in [5.74, 6) is 0.697. The van der Waals surface area contributed by atoms with Gasteiger partial charge >= 0.3 is 5.97 Å². The van der Waals surface area contributed by atoms with Crippen molar-refractivity contribution in [3.63, 3.8) is 0 Å². The summed E-state index contributed by atoms with van der Waals surface area (Å²) in [6.07, 6.45) is 1.74. The predicted molar refractivity (Wildman–Crippen MR) is 123 cm³/mol. The minimum absolute atomic E-state index is 0.0890. The average Bonchev–Trinajstić information content (AvgIpc) is 3.31. The first kappa shape index (κ1) is 23.3. The molecule has 0 aliphatic heterocycles. The highest BCUT2D eigenvalue weighted by molar-refractivity contribution is 7.99. The minimum atomic E-state index is -0.504. The smallest absolute Gasteiger partial charge is 0.340 e. The molecule has 8 nitrogen and oxygen atoms in total. The van der Waals surface area contributed by atoms with E-state index in [0.29, 0.717) is 40.2 Å². The first-order valence-corrected chi connectivity index (χ1v) is 11.1. The average molecular weight is 455 g/mol. The van der Waals surface area contributed by atoms with Crippen molar-refractivity contribution in [2.24, 2.45) is 0 Å². The standard InChI is InChI=1S/C23H26N4O4S/c1-6-12-27-21(16-10-8-9-11-18(16)30-5)25-26-23(27)32-13-17(28)19-14(3)24-15(4)20(19)22(29)31-7-2/h6,8-11,24H,1,7,12-13H2,2-5H3. The number of para-hydroxylation sites is 1. The van der Waals surface area contributed by atoms with Crippen LogP contribution >= 0.6 is 11.8 Å². The number of esters is 1. The van der Waals surface area contributed by atoms with E-state index in [0.717, 1.165) is 5.56 Å². The number of rotatable bonds is 10. The Morgan fingerprint density at radius 1 is 1.19 bits per heavy atom. The van der Waals surface area contributed by atoms with Crippen LogP contribution in [0.4, 0.5) is 0 Å². The molecule has 0 aliphatic carbocycles. The molecule has 0 aliphatic rings. The SMILES string of the molecule is C=CCn1c(SCC(=O)c2c(C)[nH]c(C)c2C(=O)OCC)nnc1-c1ccccc1OC. The number of H-pyrrole nitrogens is 1. The summed E-state index contributed by atoms with van der Waals surface area (Å²) in [6, 6.07) is 7.54. The van der Waals surface area contributed by atoms with Crippen molar-refractivity contribution in [1.29, 1.82) is 0 Å². The molecule has 0 saturated carbocycles. The molecule has 9 heteroatoms. The van der Waals surface area contributed by atoms with Crippen LogP contribution in [0, 0.1) is 13.8 Å². The monoisotopic (exact) mass is 454 g/mol. The molecule has 0 fully saturated rings. The zero-order valence-electron chi connectivity index (χ0n) is 18.6. The largest absolute Gasteiger partial charge is 0.496 e. The molecule has 168 valence electrons. The van der Waals surface area contributed by atoms with Gasteiger partial charge < -0.3 is 14.5 Å². The molecule has 0 bridgehead atoms. The van der Waals surface area contributed by atoms with Crippen LogP contribution in [0.15, 0.2) is 42.1 Å². The third kappa shape index (κ3) is 4.62. The summed E-state index contributed by atoms with van der Waals surface area (Å²) in [7, 11) is 1.60. The lowest BCUT2D eigenvalue weighted by atomic mass is 10.1. The highest BCUT2D eigenvalue weighted by Crippen LogP contribution is 2.31. The van der Waals surface area contributed by atoms with Crippen LogP contribution in [0.1, 0.15) is 39.0 Å². The van der Waals surface area contributed by atoms with E-state index in [-0.39, 0.29) is 23.7 Å². The topological polar surface area (TPSA) is 99.1 Å². The van der Waals surface area contributed by atoms with E-state index in [1.165, 1.54) is 11.8 Å². The van der Waals surface area contributed by atoms with Gasteiger partial charge in [-0.3, -0.25) is 9.36 Å². The number of aromatic nitrogens is 4.